The molecule has 1 saturated carbocycles. The van der Waals surface area contributed by atoms with Gasteiger partial charge in [0.05, 0.1) is 12.5 Å². The molecule has 0 aliphatic heterocycles. The summed E-state index contributed by atoms with van der Waals surface area (Å²) >= 11 is 0. The van der Waals surface area contributed by atoms with Gasteiger partial charge in [0.2, 0.25) is 0 Å². The van der Waals surface area contributed by atoms with Crippen LogP contribution in [0.25, 0.3) is 0 Å². The maximum atomic E-state index is 5.09. The van der Waals surface area contributed by atoms with Crippen molar-refractivity contribution in [3.63, 3.8) is 0 Å². The number of furan rings is 1. The van der Waals surface area contributed by atoms with Crippen molar-refractivity contribution in [3.8, 4) is 0 Å². The van der Waals surface area contributed by atoms with E-state index in [1.807, 2.05) is 12.3 Å². The van der Waals surface area contributed by atoms with Gasteiger partial charge < -0.3 is 14.6 Å². The molecule has 0 radical (unpaired) electrons. The van der Waals surface area contributed by atoms with Crippen LogP contribution >= 0.6 is 0 Å². The van der Waals surface area contributed by atoms with Crippen molar-refractivity contribution < 1.29 is 4.42 Å². The van der Waals surface area contributed by atoms with E-state index in [4.69, 9.17) is 4.42 Å². The number of hydrogen-bond acceptors (Lipinski definition) is 3. The molecule has 1 aliphatic rings. The Hall–Kier alpha value is -0.800. The number of likely N-dealkylation sites (N-methyl/N-ethyl adjacent to an activating group) is 1. The Labute approximate surface area is 111 Å². The zero-order chi connectivity index (χ0) is 12.6. The van der Waals surface area contributed by atoms with Gasteiger partial charge in [-0.15, -0.1) is 0 Å². The molecule has 1 aromatic heterocycles. The van der Waals surface area contributed by atoms with Crippen molar-refractivity contribution in [2.24, 2.45) is 0 Å². The van der Waals surface area contributed by atoms with E-state index in [0.29, 0.717) is 0 Å². The standard InChI is InChI=1S/C15H26N2O/c1-17(12-14-8-11-18-13-14)10-9-16-15-6-4-2-3-5-7-15/h8,11,13,15-16H,2-7,9-10,12H2,1H3. The second-order valence-corrected chi connectivity index (χ2v) is 5.51. The molecule has 1 fully saturated rings. The highest BCUT2D eigenvalue weighted by molar-refractivity contribution is 5.04. The van der Waals surface area contributed by atoms with Crippen LogP contribution in [-0.4, -0.2) is 31.1 Å². The van der Waals surface area contributed by atoms with Gasteiger partial charge in [0, 0.05) is 31.2 Å². The second kappa shape index (κ2) is 7.59. The van der Waals surface area contributed by atoms with Crippen LogP contribution in [0.15, 0.2) is 23.0 Å². The molecule has 0 unspecified atom stereocenters. The Kier molecular flexibility index (Phi) is 5.75. The fourth-order valence-corrected chi connectivity index (χ4v) is 2.72. The molecule has 0 spiro atoms. The van der Waals surface area contributed by atoms with Crippen LogP contribution in [0.2, 0.25) is 0 Å². The maximum absolute atomic E-state index is 5.09. The molecule has 3 heteroatoms. The van der Waals surface area contributed by atoms with Gasteiger partial charge in [0.1, 0.15) is 0 Å². The summed E-state index contributed by atoms with van der Waals surface area (Å²) in [6.45, 7) is 3.17. The summed E-state index contributed by atoms with van der Waals surface area (Å²) < 4.78 is 5.09. The van der Waals surface area contributed by atoms with Crippen molar-refractivity contribution >= 4 is 0 Å². The summed E-state index contributed by atoms with van der Waals surface area (Å²) in [4.78, 5) is 2.34. The van der Waals surface area contributed by atoms with Crippen molar-refractivity contribution in [1.82, 2.24) is 10.2 Å². The normalized spacial score (nSPS) is 18.1. The summed E-state index contributed by atoms with van der Waals surface area (Å²) in [5.41, 5.74) is 1.26. The minimum atomic E-state index is 0.759. The highest BCUT2D eigenvalue weighted by atomic mass is 16.3. The largest absolute Gasteiger partial charge is 0.472 e. The Balaban J connectivity index is 1.59. The van der Waals surface area contributed by atoms with Crippen LogP contribution in [0.1, 0.15) is 44.1 Å². The van der Waals surface area contributed by atoms with Gasteiger partial charge in [-0.1, -0.05) is 25.7 Å². The SMILES string of the molecule is CN(CCNC1CCCCCC1)Cc1ccoc1. The lowest BCUT2D eigenvalue weighted by Gasteiger charge is -2.20. The average Bonchev–Trinajstić information content (AvgIpc) is 2.72. The third kappa shape index (κ3) is 4.83. The molecule has 0 saturated heterocycles. The van der Waals surface area contributed by atoms with Crippen LogP contribution in [0.3, 0.4) is 0 Å². The third-order valence-electron chi connectivity index (χ3n) is 3.81. The van der Waals surface area contributed by atoms with Crippen molar-refractivity contribution in [3.05, 3.63) is 24.2 Å². The first-order chi connectivity index (χ1) is 8.84. The van der Waals surface area contributed by atoms with Gasteiger partial charge in [0.25, 0.3) is 0 Å². The van der Waals surface area contributed by atoms with Gasteiger partial charge in [-0.3, -0.25) is 0 Å². The predicted molar refractivity (Wildman–Crippen MR) is 74.5 cm³/mol. The predicted octanol–water partition coefficient (Wildman–Crippen LogP) is 3.02. The van der Waals surface area contributed by atoms with E-state index in [9.17, 15) is 0 Å². The molecular formula is C15H26N2O. The molecular weight excluding hydrogens is 224 g/mol. The molecule has 1 aliphatic carbocycles. The minimum absolute atomic E-state index is 0.759. The topological polar surface area (TPSA) is 28.4 Å². The Bertz CT molecular complexity index is 302. The van der Waals surface area contributed by atoms with E-state index in [1.54, 1.807) is 6.26 Å². The second-order valence-electron chi connectivity index (χ2n) is 5.51. The monoisotopic (exact) mass is 250 g/mol. The zero-order valence-corrected chi connectivity index (χ0v) is 11.5. The zero-order valence-electron chi connectivity index (χ0n) is 11.5. The fraction of sp³-hybridized carbons (Fsp3) is 0.733. The molecule has 1 N–H and O–H groups in total. The lowest BCUT2D eigenvalue weighted by atomic mass is 10.1. The molecule has 1 aromatic rings. The Morgan fingerprint density at radius 3 is 2.72 bits per heavy atom. The van der Waals surface area contributed by atoms with Gasteiger partial charge in [-0.25, -0.2) is 0 Å². The van der Waals surface area contributed by atoms with Crippen molar-refractivity contribution in [1.29, 1.82) is 0 Å². The highest BCUT2D eigenvalue weighted by Crippen LogP contribution is 2.16. The maximum Gasteiger partial charge on any atom is 0.0947 e. The number of nitrogens with zero attached hydrogens (tertiary/aromatic N) is 1. The average molecular weight is 250 g/mol. The molecule has 3 nitrogen and oxygen atoms in total. The fourth-order valence-electron chi connectivity index (χ4n) is 2.72. The van der Waals surface area contributed by atoms with Gasteiger partial charge >= 0.3 is 0 Å². The van der Waals surface area contributed by atoms with E-state index in [-0.39, 0.29) is 0 Å². The smallest absolute Gasteiger partial charge is 0.0947 e. The van der Waals surface area contributed by atoms with E-state index < -0.39 is 0 Å². The van der Waals surface area contributed by atoms with Crippen molar-refractivity contribution in [2.45, 2.75) is 51.1 Å². The van der Waals surface area contributed by atoms with E-state index in [0.717, 1.165) is 25.7 Å². The first-order valence-electron chi connectivity index (χ1n) is 7.27. The van der Waals surface area contributed by atoms with E-state index in [2.05, 4.69) is 17.3 Å². The molecule has 18 heavy (non-hydrogen) atoms. The van der Waals surface area contributed by atoms with E-state index >= 15 is 0 Å². The van der Waals surface area contributed by atoms with Gasteiger partial charge in [-0.2, -0.15) is 0 Å². The molecule has 102 valence electrons. The number of hydrogen-bond donors (Lipinski definition) is 1. The Morgan fingerprint density at radius 1 is 1.28 bits per heavy atom. The lowest BCUT2D eigenvalue weighted by Crippen LogP contribution is -2.35. The molecule has 2 rings (SSSR count). The first kappa shape index (κ1) is 13.6. The van der Waals surface area contributed by atoms with Crippen LogP contribution in [0, 0.1) is 0 Å². The summed E-state index contributed by atoms with van der Waals surface area (Å²) in [5.74, 6) is 0. The molecule has 0 aromatic carbocycles. The van der Waals surface area contributed by atoms with Crippen LogP contribution in [0.5, 0.6) is 0 Å². The number of nitrogens with one attached hydrogen (secondary N) is 1. The van der Waals surface area contributed by atoms with E-state index in [1.165, 1.54) is 44.1 Å². The summed E-state index contributed by atoms with van der Waals surface area (Å²) in [5, 5.41) is 3.71. The highest BCUT2D eigenvalue weighted by Gasteiger charge is 2.11. The Morgan fingerprint density at radius 2 is 2.06 bits per heavy atom. The van der Waals surface area contributed by atoms with Crippen LogP contribution < -0.4 is 5.32 Å². The first-order valence-corrected chi connectivity index (χ1v) is 7.27. The van der Waals surface area contributed by atoms with Crippen LogP contribution in [-0.2, 0) is 6.54 Å². The summed E-state index contributed by atoms with van der Waals surface area (Å²) in [6.07, 6.45) is 12.0. The third-order valence-corrected chi connectivity index (χ3v) is 3.81. The summed E-state index contributed by atoms with van der Waals surface area (Å²) in [7, 11) is 2.17. The number of rotatable bonds is 6. The molecule has 0 amide bonds. The van der Waals surface area contributed by atoms with Gasteiger partial charge in [-0.05, 0) is 26.0 Å². The van der Waals surface area contributed by atoms with Crippen molar-refractivity contribution in [2.75, 3.05) is 20.1 Å². The minimum Gasteiger partial charge on any atom is -0.472 e. The van der Waals surface area contributed by atoms with Gasteiger partial charge in [0.15, 0.2) is 0 Å². The summed E-state index contributed by atoms with van der Waals surface area (Å²) in [6, 6.07) is 2.80. The molecule has 0 atom stereocenters. The lowest BCUT2D eigenvalue weighted by molar-refractivity contribution is 0.311. The molecule has 1 heterocycles. The molecule has 0 bridgehead atoms. The quantitative estimate of drug-likeness (QED) is 0.787. The van der Waals surface area contributed by atoms with Crippen LogP contribution in [0.4, 0.5) is 0 Å².